The Balaban J connectivity index is 1.86. The average Bonchev–Trinajstić information content (AvgIpc) is 2.91. The van der Waals surface area contributed by atoms with E-state index in [1.165, 1.54) is 5.84 Å². The molecule has 136 valence electrons. The molecular formula is C21H24ClN2O2+. The molecule has 0 saturated carbocycles. The SMILES string of the molecule is COc1ccc(N2C3=[N+](CCCC3)[C@H](C)[C@@]2(O)c2ccc(Cl)cc2)cc1. The lowest BCUT2D eigenvalue weighted by Crippen LogP contribution is -2.50. The van der Waals surface area contributed by atoms with Gasteiger partial charge in [0.15, 0.2) is 6.04 Å². The normalized spacial score (nSPS) is 25.4. The summed E-state index contributed by atoms with van der Waals surface area (Å²) in [6.07, 6.45) is 3.26. The van der Waals surface area contributed by atoms with Gasteiger partial charge in [0.2, 0.25) is 0 Å². The molecule has 2 atom stereocenters. The Kier molecular flexibility index (Phi) is 4.41. The van der Waals surface area contributed by atoms with Crippen LogP contribution in [0.4, 0.5) is 5.69 Å². The van der Waals surface area contributed by atoms with Crippen LogP contribution < -0.4 is 9.64 Å². The third kappa shape index (κ3) is 2.60. The lowest BCUT2D eigenvalue weighted by Gasteiger charge is -2.31. The highest BCUT2D eigenvalue weighted by atomic mass is 35.5. The molecular weight excluding hydrogens is 348 g/mol. The standard InChI is InChI=1S/C21H24ClN2O2/c1-15-21(25,16-6-8-17(22)9-7-16)24(20-5-3-4-14-23(15)20)18-10-12-19(26-2)13-11-18/h6-13,15,25H,3-5,14H2,1-2H3/q+1/t15-,21-/m1/s1. The molecule has 2 heterocycles. The van der Waals surface area contributed by atoms with Crippen molar-refractivity contribution >= 4 is 23.1 Å². The molecule has 0 fully saturated rings. The number of aliphatic hydroxyl groups is 1. The molecule has 0 aromatic heterocycles. The van der Waals surface area contributed by atoms with Crippen LogP contribution in [0.1, 0.15) is 31.7 Å². The van der Waals surface area contributed by atoms with Crippen LogP contribution in [0.3, 0.4) is 0 Å². The fraction of sp³-hybridized carbons (Fsp3) is 0.381. The molecule has 0 radical (unpaired) electrons. The molecule has 0 aliphatic carbocycles. The van der Waals surface area contributed by atoms with E-state index in [1.54, 1.807) is 7.11 Å². The smallest absolute Gasteiger partial charge is 0.278 e. The maximum Gasteiger partial charge on any atom is 0.278 e. The summed E-state index contributed by atoms with van der Waals surface area (Å²) in [7, 11) is 1.66. The Hall–Kier alpha value is -2.04. The molecule has 0 bridgehead atoms. The van der Waals surface area contributed by atoms with E-state index >= 15 is 0 Å². The van der Waals surface area contributed by atoms with Gasteiger partial charge in [-0.2, -0.15) is 4.90 Å². The number of methoxy groups -OCH3 is 1. The minimum absolute atomic E-state index is 0.0546. The molecule has 0 spiro atoms. The quantitative estimate of drug-likeness (QED) is 0.828. The van der Waals surface area contributed by atoms with Gasteiger partial charge in [-0.3, -0.25) is 4.58 Å². The first-order chi connectivity index (χ1) is 12.6. The van der Waals surface area contributed by atoms with Gasteiger partial charge >= 0.3 is 0 Å². The highest BCUT2D eigenvalue weighted by Crippen LogP contribution is 2.42. The van der Waals surface area contributed by atoms with Crippen LogP contribution in [0.2, 0.25) is 5.02 Å². The summed E-state index contributed by atoms with van der Waals surface area (Å²) in [5.41, 5.74) is 0.681. The molecule has 4 rings (SSSR count). The fourth-order valence-electron chi connectivity index (χ4n) is 4.24. The molecule has 2 aliphatic rings. The first-order valence-corrected chi connectivity index (χ1v) is 9.48. The Labute approximate surface area is 159 Å². The molecule has 1 N–H and O–H groups in total. The third-order valence-electron chi connectivity index (χ3n) is 5.63. The second-order valence-corrected chi connectivity index (χ2v) is 7.45. The van der Waals surface area contributed by atoms with Crippen molar-refractivity contribution in [2.45, 2.75) is 38.0 Å². The fourth-order valence-corrected chi connectivity index (χ4v) is 4.36. The van der Waals surface area contributed by atoms with Crippen molar-refractivity contribution in [2.24, 2.45) is 0 Å². The first-order valence-electron chi connectivity index (χ1n) is 9.11. The number of rotatable bonds is 3. The molecule has 5 heteroatoms. The van der Waals surface area contributed by atoms with Gasteiger partial charge in [-0.05, 0) is 56.2 Å². The zero-order chi connectivity index (χ0) is 18.3. The Morgan fingerprint density at radius 1 is 1.12 bits per heavy atom. The van der Waals surface area contributed by atoms with Crippen molar-refractivity contribution in [3.05, 3.63) is 59.1 Å². The summed E-state index contributed by atoms with van der Waals surface area (Å²) >= 11 is 6.08. The number of hydrogen-bond donors (Lipinski definition) is 1. The van der Waals surface area contributed by atoms with E-state index in [-0.39, 0.29) is 6.04 Å². The van der Waals surface area contributed by atoms with Gasteiger partial charge in [0, 0.05) is 17.0 Å². The number of halogens is 1. The molecule has 2 aliphatic heterocycles. The molecule has 2 aromatic rings. The summed E-state index contributed by atoms with van der Waals surface area (Å²) in [6, 6.07) is 15.4. The molecule has 0 amide bonds. The Morgan fingerprint density at radius 3 is 2.46 bits per heavy atom. The van der Waals surface area contributed by atoms with Gasteiger partial charge in [0.25, 0.3) is 11.6 Å². The van der Waals surface area contributed by atoms with E-state index < -0.39 is 5.72 Å². The number of nitrogens with zero attached hydrogens (tertiary/aromatic N) is 2. The second kappa shape index (κ2) is 6.60. The largest absolute Gasteiger partial charge is 0.497 e. The van der Waals surface area contributed by atoms with Crippen LogP contribution in [0, 0.1) is 0 Å². The average molecular weight is 372 g/mol. The third-order valence-corrected chi connectivity index (χ3v) is 5.88. The minimum Gasteiger partial charge on any atom is -0.497 e. The van der Waals surface area contributed by atoms with Crippen molar-refractivity contribution < 1.29 is 14.4 Å². The summed E-state index contributed by atoms with van der Waals surface area (Å²) in [6.45, 7) is 3.07. The van der Waals surface area contributed by atoms with Crippen LogP contribution >= 0.6 is 11.6 Å². The Morgan fingerprint density at radius 2 is 1.81 bits per heavy atom. The van der Waals surface area contributed by atoms with E-state index in [1.807, 2.05) is 48.5 Å². The van der Waals surface area contributed by atoms with Gasteiger partial charge in [-0.1, -0.05) is 23.7 Å². The van der Waals surface area contributed by atoms with Crippen LogP contribution in [0.25, 0.3) is 0 Å². The van der Waals surface area contributed by atoms with E-state index in [0.717, 1.165) is 42.8 Å². The molecule has 0 unspecified atom stereocenters. The van der Waals surface area contributed by atoms with Gasteiger partial charge in [-0.25, -0.2) is 0 Å². The Bertz CT molecular complexity index is 832. The lowest BCUT2D eigenvalue weighted by atomic mass is 9.94. The van der Waals surface area contributed by atoms with E-state index in [4.69, 9.17) is 16.3 Å². The predicted octanol–water partition coefficient (Wildman–Crippen LogP) is 4.00. The lowest BCUT2D eigenvalue weighted by molar-refractivity contribution is -0.574. The van der Waals surface area contributed by atoms with Crippen molar-refractivity contribution in [3.63, 3.8) is 0 Å². The number of anilines is 1. The molecule has 2 aromatic carbocycles. The van der Waals surface area contributed by atoms with E-state index in [2.05, 4.69) is 16.4 Å². The molecule has 4 nitrogen and oxygen atoms in total. The number of amidine groups is 1. The van der Waals surface area contributed by atoms with Crippen molar-refractivity contribution in [1.82, 2.24) is 0 Å². The minimum atomic E-state index is -1.14. The van der Waals surface area contributed by atoms with Gasteiger partial charge in [-0.15, -0.1) is 0 Å². The predicted molar refractivity (Wildman–Crippen MR) is 104 cm³/mol. The maximum atomic E-state index is 12.0. The second-order valence-electron chi connectivity index (χ2n) is 7.01. The van der Waals surface area contributed by atoms with E-state index in [9.17, 15) is 5.11 Å². The van der Waals surface area contributed by atoms with Crippen molar-refractivity contribution in [1.29, 1.82) is 0 Å². The van der Waals surface area contributed by atoms with Crippen molar-refractivity contribution in [2.75, 3.05) is 18.6 Å². The highest BCUT2D eigenvalue weighted by Gasteiger charge is 2.59. The van der Waals surface area contributed by atoms with Crippen LogP contribution in [-0.2, 0) is 5.72 Å². The number of hydrogen-bond acceptors (Lipinski definition) is 3. The number of benzene rings is 2. The molecule has 26 heavy (non-hydrogen) atoms. The topological polar surface area (TPSA) is 35.7 Å². The van der Waals surface area contributed by atoms with Crippen molar-refractivity contribution in [3.8, 4) is 5.75 Å². The monoisotopic (exact) mass is 371 g/mol. The van der Waals surface area contributed by atoms with Gasteiger partial charge < -0.3 is 9.84 Å². The summed E-state index contributed by atoms with van der Waals surface area (Å²) in [4.78, 5) is 2.10. The summed E-state index contributed by atoms with van der Waals surface area (Å²) in [5, 5.41) is 12.7. The number of ether oxygens (including phenoxy) is 1. The zero-order valence-electron chi connectivity index (χ0n) is 15.2. The van der Waals surface area contributed by atoms with Crippen LogP contribution in [-0.4, -0.2) is 35.2 Å². The maximum absolute atomic E-state index is 12.0. The van der Waals surface area contributed by atoms with Crippen LogP contribution in [0.5, 0.6) is 5.75 Å². The van der Waals surface area contributed by atoms with E-state index in [0.29, 0.717) is 5.02 Å². The zero-order valence-corrected chi connectivity index (χ0v) is 15.9. The highest BCUT2D eigenvalue weighted by molar-refractivity contribution is 6.30. The summed E-state index contributed by atoms with van der Waals surface area (Å²) < 4.78 is 7.65. The van der Waals surface area contributed by atoms with Gasteiger partial charge in [0.05, 0.1) is 13.7 Å². The van der Waals surface area contributed by atoms with Gasteiger partial charge in [0.1, 0.15) is 11.4 Å². The summed E-state index contributed by atoms with van der Waals surface area (Å²) in [5.74, 6) is 1.99. The molecule has 0 saturated heterocycles. The first kappa shape index (κ1) is 17.4. The van der Waals surface area contributed by atoms with Crippen LogP contribution in [0.15, 0.2) is 48.5 Å².